The van der Waals surface area contributed by atoms with Crippen molar-refractivity contribution in [2.24, 2.45) is 0 Å². The van der Waals surface area contributed by atoms with Crippen LogP contribution in [-0.2, 0) is 0 Å². The van der Waals surface area contributed by atoms with Gasteiger partial charge < -0.3 is 10.4 Å². The Morgan fingerprint density at radius 1 is 1.30 bits per heavy atom. The smallest absolute Gasteiger partial charge is 0.252 e. The topological polar surface area (TPSA) is 73.1 Å². The highest BCUT2D eigenvalue weighted by Gasteiger charge is 2.25. The molecule has 20 heavy (non-hydrogen) atoms. The van der Waals surface area contributed by atoms with E-state index >= 15 is 0 Å². The van der Waals surface area contributed by atoms with Crippen LogP contribution in [0.5, 0.6) is 0 Å². The van der Waals surface area contributed by atoms with Crippen molar-refractivity contribution < 1.29 is 9.90 Å². The highest BCUT2D eigenvalue weighted by atomic mass is 16.3. The van der Waals surface area contributed by atoms with E-state index in [0.29, 0.717) is 24.0 Å². The van der Waals surface area contributed by atoms with Crippen LogP contribution in [0.25, 0.3) is 0 Å². The first-order chi connectivity index (χ1) is 9.56. The molecule has 0 unspecified atom stereocenters. The van der Waals surface area contributed by atoms with Crippen LogP contribution in [0.2, 0.25) is 0 Å². The molecule has 0 aliphatic carbocycles. The average molecular weight is 274 g/mol. The molecule has 1 amide bonds. The lowest BCUT2D eigenvalue weighted by atomic mass is 9.92. The van der Waals surface area contributed by atoms with Gasteiger partial charge in [-0.2, -0.15) is 5.26 Å². The van der Waals surface area contributed by atoms with E-state index < -0.39 is 5.60 Å². The van der Waals surface area contributed by atoms with Crippen molar-refractivity contribution in [3.63, 3.8) is 0 Å². The van der Waals surface area contributed by atoms with Crippen LogP contribution in [0.15, 0.2) is 24.3 Å². The predicted molar refractivity (Wildman–Crippen MR) is 78.3 cm³/mol. The Hall–Kier alpha value is -1.86. The quantitative estimate of drug-likeness (QED) is 0.802. The van der Waals surface area contributed by atoms with E-state index in [1.807, 2.05) is 19.9 Å². The molecule has 0 heterocycles. The van der Waals surface area contributed by atoms with E-state index in [0.717, 1.165) is 12.8 Å². The molecule has 0 saturated carbocycles. The molecule has 0 aromatic heterocycles. The van der Waals surface area contributed by atoms with Gasteiger partial charge in [0.25, 0.3) is 5.91 Å². The summed E-state index contributed by atoms with van der Waals surface area (Å²) in [6.07, 6.45) is 3.03. The number of hydrogen-bond acceptors (Lipinski definition) is 3. The first-order valence-electron chi connectivity index (χ1n) is 7.06. The molecular formula is C16H22N2O2. The largest absolute Gasteiger partial charge is 0.388 e. The van der Waals surface area contributed by atoms with Crippen molar-refractivity contribution in [3.05, 3.63) is 35.4 Å². The molecule has 2 N–H and O–H groups in total. The molecule has 0 saturated heterocycles. The number of benzene rings is 1. The monoisotopic (exact) mass is 274 g/mol. The fourth-order valence-corrected chi connectivity index (χ4v) is 2.35. The summed E-state index contributed by atoms with van der Waals surface area (Å²) in [5, 5.41) is 22.2. The van der Waals surface area contributed by atoms with Crippen LogP contribution in [0.3, 0.4) is 0 Å². The van der Waals surface area contributed by atoms with Gasteiger partial charge in [-0.15, -0.1) is 0 Å². The summed E-state index contributed by atoms with van der Waals surface area (Å²) in [5.74, 6) is -0.312. The number of carbonyl (C=O) groups is 1. The van der Waals surface area contributed by atoms with E-state index in [4.69, 9.17) is 5.26 Å². The van der Waals surface area contributed by atoms with Gasteiger partial charge in [0.15, 0.2) is 0 Å². The van der Waals surface area contributed by atoms with Gasteiger partial charge in [-0.25, -0.2) is 0 Å². The van der Waals surface area contributed by atoms with Gasteiger partial charge in [0, 0.05) is 6.54 Å². The number of carbonyl (C=O) groups excluding carboxylic acids is 1. The molecule has 0 spiro atoms. The van der Waals surface area contributed by atoms with Crippen LogP contribution in [0.4, 0.5) is 0 Å². The number of nitriles is 1. The number of aliphatic hydroxyl groups is 1. The fraction of sp³-hybridized carbons (Fsp3) is 0.500. The van der Waals surface area contributed by atoms with E-state index in [-0.39, 0.29) is 12.5 Å². The van der Waals surface area contributed by atoms with Crippen molar-refractivity contribution in [1.82, 2.24) is 5.32 Å². The predicted octanol–water partition coefficient (Wildman–Crippen LogP) is 2.62. The Balaban J connectivity index is 2.73. The van der Waals surface area contributed by atoms with Crippen LogP contribution < -0.4 is 5.32 Å². The maximum Gasteiger partial charge on any atom is 0.252 e. The summed E-state index contributed by atoms with van der Waals surface area (Å²) in [6, 6.07) is 8.67. The third-order valence-corrected chi connectivity index (χ3v) is 3.30. The van der Waals surface area contributed by atoms with Gasteiger partial charge in [0.1, 0.15) is 0 Å². The lowest BCUT2D eigenvalue weighted by Crippen LogP contribution is -2.43. The number of nitrogens with zero attached hydrogens (tertiary/aromatic N) is 1. The molecule has 4 nitrogen and oxygen atoms in total. The number of hydrogen-bond donors (Lipinski definition) is 2. The molecule has 0 bridgehead atoms. The van der Waals surface area contributed by atoms with Gasteiger partial charge in [0.2, 0.25) is 0 Å². The third-order valence-electron chi connectivity index (χ3n) is 3.30. The second-order valence-electron chi connectivity index (χ2n) is 5.06. The normalized spacial score (nSPS) is 10.9. The minimum Gasteiger partial charge on any atom is -0.388 e. The van der Waals surface area contributed by atoms with Gasteiger partial charge in [-0.05, 0) is 25.0 Å². The molecule has 0 aliphatic heterocycles. The molecule has 0 aliphatic rings. The lowest BCUT2D eigenvalue weighted by Gasteiger charge is -2.27. The Bertz CT molecular complexity index is 485. The molecule has 0 fully saturated rings. The Labute approximate surface area is 120 Å². The van der Waals surface area contributed by atoms with Crippen molar-refractivity contribution >= 4 is 5.91 Å². The average Bonchev–Trinajstić information content (AvgIpc) is 2.45. The highest BCUT2D eigenvalue weighted by molar-refractivity contribution is 5.96. The van der Waals surface area contributed by atoms with Crippen molar-refractivity contribution in [2.75, 3.05) is 6.54 Å². The SMILES string of the molecule is CCCC(O)(CCC)CNC(=O)c1ccccc1C#N. The zero-order chi connectivity index (χ0) is 15.0. The molecule has 1 aromatic rings. The molecule has 108 valence electrons. The van der Waals surface area contributed by atoms with Crippen LogP contribution in [-0.4, -0.2) is 23.2 Å². The van der Waals surface area contributed by atoms with E-state index in [1.165, 1.54) is 0 Å². The molecule has 1 aromatic carbocycles. The van der Waals surface area contributed by atoms with Crippen molar-refractivity contribution in [1.29, 1.82) is 5.26 Å². The second-order valence-corrected chi connectivity index (χ2v) is 5.06. The summed E-state index contributed by atoms with van der Waals surface area (Å²) in [6.45, 7) is 4.23. The third kappa shape index (κ3) is 4.36. The molecular weight excluding hydrogens is 252 g/mol. The first-order valence-corrected chi connectivity index (χ1v) is 7.06. The van der Waals surface area contributed by atoms with Crippen LogP contribution in [0, 0.1) is 11.3 Å². The zero-order valence-corrected chi connectivity index (χ0v) is 12.1. The number of nitrogens with one attached hydrogen (secondary N) is 1. The van der Waals surface area contributed by atoms with Crippen LogP contribution >= 0.6 is 0 Å². The summed E-state index contributed by atoms with van der Waals surface area (Å²) < 4.78 is 0. The van der Waals surface area contributed by atoms with Crippen LogP contribution in [0.1, 0.15) is 55.5 Å². The van der Waals surface area contributed by atoms with E-state index in [1.54, 1.807) is 24.3 Å². The van der Waals surface area contributed by atoms with Gasteiger partial charge in [-0.3, -0.25) is 4.79 Å². The summed E-state index contributed by atoms with van der Waals surface area (Å²) >= 11 is 0. The fourth-order valence-electron chi connectivity index (χ4n) is 2.35. The van der Waals surface area contributed by atoms with Gasteiger partial charge in [0.05, 0.1) is 22.8 Å². The Morgan fingerprint density at radius 3 is 2.45 bits per heavy atom. The Morgan fingerprint density at radius 2 is 1.90 bits per heavy atom. The van der Waals surface area contributed by atoms with E-state index in [9.17, 15) is 9.90 Å². The minimum atomic E-state index is -0.860. The molecule has 4 heteroatoms. The summed E-state index contributed by atoms with van der Waals surface area (Å²) in [7, 11) is 0. The number of rotatable bonds is 7. The zero-order valence-electron chi connectivity index (χ0n) is 12.1. The number of amides is 1. The Kier molecular flexibility index (Phi) is 6.20. The van der Waals surface area contributed by atoms with Crippen molar-refractivity contribution in [2.45, 2.75) is 45.1 Å². The van der Waals surface area contributed by atoms with Gasteiger partial charge >= 0.3 is 0 Å². The first kappa shape index (κ1) is 16.2. The van der Waals surface area contributed by atoms with E-state index in [2.05, 4.69) is 5.32 Å². The lowest BCUT2D eigenvalue weighted by molar-refractivity contribution is 0.0213. The highest BCUT2D eigenvalue weighted by Crippen LogP contribution is 2.19. The molecule has 0 atom stereocenters. The molecule has 0 radical (unpaired) electrons. The maximum atomic E-state index is 12.1. The standard InChI is InChI=1S/C16H22N2O2/c1-3-9-16(20,10-4-2)12-18-15(19)14-8-6-5-7-13(14)11-17/h5-8,20H,3-4,9-10,12H2,1-2H3,(H,18,19). The minimum absolute atomic E-state index is 0.216. The second kappa shape index (κ2) is 7.66. The molecule has 1 rings (SSSR count). The maximum absolute atomic E-state index is 12.1. The summed E-state index contributed by atoms with van der Waals surface area (Å²) in [5.41, 5.74) is -0.161. The summed E-state index contributed by atoms with van der Waals surface area (Å²) in [4.78, 5) is 12.1. The van der Waals surface area contributed by atoms with Gasteiger partial charge in [-0.1, -0.05) is 38.8 Å². The van der Waals surface area contributed by atoms with Crippen molar-refractivity contribution in [3.8, 4) is 6.07 Å².